The molecule has 0 fully saturated rings. The summed E-state index contributed by atoms with van der Waals surface area (Å²) in [6.07, 6.45) is 0.217. The summed E-state index contributed by atoms with van der Waals surface area (Å²) in [5, 5.41) is 11.7. The van der Waals surface area contributed by atoms with E-state index in [1.807, 2.05) is 13.8 Å². The number of carboxylic acids is 1. The number of carboxylic acid groups (broad SMARTS) is 1. The second-order valence-corrected chi connectivity index (χ2v) is 7.20. The molecule has 0 atom stereocenters. The third-order valence-electron chi connectivity index (χ3n) is 3.58. The van der Waals surface area contributed by atoms with E-state index < -0.39 is 17.8 Å². The smallest absolute Gasteiger partial charge is 0.341 e. The van der Waals surface area contributed by atoms with Crippen LogP contribution in [0.3, 0.4) is 0 Å². The van der Waals surface area contributed by atoms with Crippen molar-refractivity contribution in [1.82, 2.24) is 0 Å². The normalized spacial score (nSPS) is 15.5. The Bertz CT molecular complexity index is 664. The summed E-state index contributed by atoms with van der Waals surface area (Å²) < 4.78 is 10.9. The van der Waals surface area contributed by atoms with E-state index in [-0.39, 0.29) is 31.7 Å². The number of hydrogen-bond acceptors (Lipinski definition) is 6. The Balaban J connectivity index is 2.29. The van der Waals surface area contributed by atoms with Gasteiger partial charge in [-0.3, -0.25) is 9.59 Å². The Morgan fingerprint density at radius 3 is 2.67 bits per heavy atom. The second-order valence-electron chi connectivity index (χ2n) is 6.10. The number of rotatable bonds is 6. The highest BCUT2D eigenvalue weighted by Crippen LogP contribution is 2.40. The molecule has 0 radical (unpaired) electrons. The van der Waals surface area contributed by atoms with E-state index in [0.29, 0.717) is 17.0 Å². The fourth-order valence-electron chi connectivity index (χ4n) is 2.43. The minimum Gasteiger partial charge on any atom is -0.481 e. The van der Waals surface area contributed by atoms with Crippen LogP contribution in [0.5, 0.6) is 0 Å². The molecule has 2 heterocycles. The largest absolute Gasteiger partial charge is 0.481 e. The van der Waals surface area contributed by atoms with Crippen molar-refractivity contribution in [3.8, 4) is 0 Å². The molecule has 0 spiro atoms. The van der Waals surface area contributed by atoms with Gasteiger partial charge in [0, 0.05) is 23.3 Å². The molecule has 0 saturated heterocycles. The van der Waals surface area contributed by atoms with Crippen LogP contribution in [0.4, 0.5) is 5.00 Å². The number of carbonyl (C=O) groups excluding carboxylic acids is 2. The first-order valence-electron chi connectivity index (χ1n) is 7.70. The molecule has 0 aliphatic carbocycles. The van der Waals surface area contributed by atoms with E-state index >= 15 is 0 Å². The van der Waals surface area contributed by atoms with E-state index in [1.54, 1.807) is 6.92 Å². The molecule has 0 saturated carbocycles. The first-order chi connectivity index (χ1) is 11.2. The van der Waals surface area contributed by atoms with Crippen LogP contribution in [-0.4, -0.2) is 35.2 Å². The van der Waals surface area contributed by atoms with Gasteiger partial charge in [-0.15, -0.1) is 11.3 Å². The highest BCUT2D eigenvalue weighted by atomic mass is 32.1. The van der Waals surface area contributed by atoms with Crippen LogP contribution in [0, 0.1) is 0 Å². The Morgan fingerprint density at radius 2 is 2.04 bits per heavy atom. The first-order valence-corrected chi connectivity index (χ1v) is 8.52. The third-order valence-corrected chi connectivity index (χ3v) is 4.73. The molecule has 7 nitrogen and oxygen atoms in total. The first kappa shape index (κ1) is 18.4. The molecule has 0 unspecified atom stereocenters. The number of nitrogens with one attached hydrogen (secondary N) is 1. The lowest BCUT2D eigenvalue weighted by Crippen LogP contribution is -2.31. The standard InChI is InChI=1S/C16H21NO6S/c1-4-22-15(21)13-9-8-23-16(2,3)7-10(9)24-14(13)17-11(18)5-6-12(19)20/h4-8H2,1-3H3,(H,17,18)(H,19,20). The van der Waals surface area contributed by atoms with Gasteiger partial charge in [-0.2, -0.15) is 0 Å². The fraction of sp³-hybridized carbons (Fsp3) is 0.562. The van der Waals surface area contributed by atoms with Gasteiger partial charge in [-0.1, -0.05) is 0 Å². The third kappa shape index (κ3) is 4.33. The van der Waals surface area contributed by atoms with Crippen LogP contribution >= 0.6 is 11.3 Å². The average Bonchev–Trinajstić information content (AvgIpc) is 2.80. The molecule has 0 bridgehead atoms. The van der Waals surface area contributed by atoms with Gasteiger partial charge >= 0.3 is 11.9 Å². The van der Waals surface area contributed by atoms with Crippen LogP contribution < -0.4 is 5.32 Å². The number of hydrogen-bond donors (Lipinski definition) is 2. The summed E-state index contributed by atoms with van der Waals surface area (Å²) in [5.41, 5.74) is 0.719. The number of anilines is 1. The monoisotopic (exact) mass is 355 g/mol. The molecule has 1 aliphatic rings. The number of ether oxygens (including phenoxy) is 2. The van der Waals surface area contributed by atoms with Crippen LogP contribution in [0.2, 0.25) is 0 Å². The second kappa shape index (κ2) is 7.31. The van der Waals surface area contributed by atoms with Crippen molar-refractivity contribution in [1.29, 1.82) is 0 Å². The number of fused-ring (bicyclic) bond motifs is 1. The summed E-state index contributed by atoms with van der Waals surface area (Å²) in [6.45, 7) is 6.14. The molecule has 2 rings (SSSR count). The van der Waals surface area contributed by atoms with Gasteiger partial charge in [0.25, 0.3) is 0 Å². The summed E-state index contributed by atoms with van der Waals surface area (Å²) in [7, 11) is 0. The maximum atomic E-state index is 12.3. The SMILES string of the molecule is CCOC(=O)c1c(NC(=O)CCC(=O)O)sc2c1COC(C)(C)C2. The topological polar surface area (TPSA) is 102 Å². The molecule has 1 aromatic heterocycles. The van der Waals surface area contributed by atoms with Gasteiger partial charge in [0.15, 0.2) is 0 Å². The molecule has 0 aromatic carbocycles. The quantitative estimate of drug-likeness (QED) is 0.761. The molecule has 2 N–H and O–H groups in total. The zero-order valence-electron chi connectivity index (χ0n) is 13.9. The van der Waals surface area contributed by atoms with E-state index in [2.05, 4.69) is 5.32 Å². The highest BCUT2D eigenvalue weighted by Gasteiger charge is 2.34. The number of esters is 1. The van der Waals surface area contributed by atoms with Gasteiger partial charge in [0.1, 0.15) is 10.6 Å². The van der Waals surface area contributed by atoms with Crippen molar-refractivity contribution in [3.05, 3.63) is 16.0 Å². The van der Waals surface area contributed by atoms with Gasteiger partial charge in [-0.05, 0) is 20.8 Å². The lowest BCUT2D eigenvalue weighted by molar-refractivity contribution is -0.138. The van der Waals surface area contributed by atoms with E-state index in [1.165, 1.54) is 11.3 Å². The van der Waals surface area contributed by atoms with Crippen LogP contribution in [0.25, 0.3) is 0 Å². The van der Waals surface area contributed by atoms with Crippen LogP contribution in [0.15, 0.2) is 0 Å². The van der Waals surface area contributed by atoms with Gasteiger partial charge in [-0.25, -0.2) is 4.79 Å². The van der Waals surface area contributed by atoms with Crippen molar-refractivity contribution in [2.45, 2.75) is 52.2 Å². The Labute approximate surface area is 144 Å². The number of carbonyl (C=O) groups is 3. The number of aliphatic carboxylic acids is 1. The number of amides is 1. The van der Waals surface area contributed by atoms with Crippen molar-refractivity contribution in [2.75, 3.05) is 11.9 Å². The van der Waals surface area contributed by atoms with Gasteiger partial charge in [0.05, 0.1) is 25.2 Å². The Hall–Kier alpha value is -1.93. The lowest BCUT2D eigenvalue weighted by Gasteiger charge is -2.30. The van der Waals surface area contributed by atoms with Gasteiger partial charge < -0.3 is 19.9 Å². The lowest BCUT2D eigenvalue weighted by atomic mass is 9.96. The molecule has 132 valence electrons. The molecule has 1 amide bonds. The Morgan fingerprint density at radius 1 is 1.33 bits per heavy atom. The van der Waals surface area contributed by atoms with E-state index in [4.69, 9.17) is 14.6 Å². The highest BCUT2D eigenvalue weighted by molar-refractivity contribution is 7.17. The van der Waals surface area contributed by atoms with Crippen molar-refractivity contribution in [3.63, 3.8) is 0 Å². The number of thiophene rings is 1. The molecular formula is C16H21NO6S. The maximum Gasteiger partial charge on any atom is 0.341 e. The van der Waals surface area contributed by atoms with Crippen molar-refractivity contribution in [2.24, 2.45) is 0 Å². The van der Waals surface area contributed by atoms with Gasteiger partial charge in [0.2, 0.25) is 5.91 Å². The summed E-state index contributed by atoms with van der Waals surface area (Å²) in [6, 6.07) is 0. The molecule has 1 aliphatic heterocycles. The summed E-state index contributed by atoms with van der Waals surface area (Å²) >= 11 is 1.32. The predicted molar refractivity (Wildman–Crippen MR) is 88.3 cm³/mol. The molecular weight excluding hydrogens is 334 g/mol. The fourth-order valence-corrected chi connectivity index (χ4v) is 3.85. The Kier molecular flexibility index (Phi) is 5.61. The zero-order chi connectivity index (χ0) is 17.9. The molecule has 24 heavy (non-hydrogen) atoms. The molecule has 8 heteroatoms. The van der Waals surface area contributed by atoms with Crippen molar-refractivity contribution < 1.29 is 29.0 Å². The zero-order valence-corrected chi connectivity index (χ0v) is 14.7. The minimum absolute atomic E-state index is 0.151. The van der Waals surface area contributed by atoms with E-state index in [9.17, 15) is 14.4 Å². The van der Waals surface area contributed by atoms with Crippen LogP contribution in [0.1, 0.15) is 54.4 Å². The van der Waals surface area contributed by atoms with Crippen molar-refractivity contribution >= 4 is 34.2 Å². The maximum absolute atomic E-state index is 12.3. The summed E-state index contributed by atoms with van der Waals surface area (Å²) in [5.74, 6) is -2.00. The summed E-state index contributed by atoms with van der Waals surface area (Å²) in [4.78, 5) is 35.8. The predicted octanol–water partition coefficient (Wildman–Crippen LogP) is 2.58. The van der Waals surface area contributed by atoms with Crippen LogP contribution in [-0.2, 0) is 32.1 Å². The average molecular weight is 355 g/mol. The minimum atomic E-state index is -1.05. The van der Waals surface area contributed by atoms with E-state index in [0.717, 1.165) is 10.4 Å². The molecule has 1 aromatic rings.